The molecule has 0 saturated heterocycles. The first-order valence-corrected chi connectivity index (χ1v) is 12.1. The largest absolute Gasteiger partial charge is 0.322 e. The van der Waals surface area contributed by atoms with E-state index in [1.54, 1.807) is 29.3 Å². The van der Waals surface area contributed by atoms with Crippen molar-refractivity contribution in [3.05, 3.63) is 112 Å². The van der Waals surface area contributed by atoms with E-state index in [1.165, 1.54) is 30.0 Å². The third kappa shape index (κ3) is 4.75. The number of pyridine rings is 1. The lowest BCUT2D eigenvalue weighted by atomic mass is 10.1. The molecule has 0 bridgehead atoms. The third-order valence-electron chi connectivity index (χ3n) is 5.43. The van der Waals surface area contributed by atoms with E-state index >= 15 is 0 Å². The zero-order valence-electron chi connectivity index (χ0n) is 18.0. The summed E-state index contributed by atoms with van der Waals surface area (Å²) in [6, 6.07) is 19.6. The summed E-state index contributed by atoms with van der Waals surface area (Å²) in [5, 5.41) is 3.64. The van der Waals surface area contributed by atoms with E-state index in [1.807, 2.05) is 30.3 Å². The molecule has 0 fully saturated rings. The van der Waals surface area contributed by atoms with Gasteiger partial charge >= 0.3 is 0 Å². The van der Waals surface area contributed by atoms with Crippen molar-refractivity contribution in [3.8, 4) is 0 Å². The van der Waals surface area contributed by atoms with Crippen LogP contribution in [-0.4, -0.2) is 16.8 Å². The summed E-state index contributed by atoms with van der Waals surface area (Å²) in [5.41, 5.74) is 2.29. The number of benzene rings is 3. The SMILES string of the molecule is O=C(Nc1ccc(C(=O)N2Cc3ccccc3Sc3ncccc32)c(Cl)c1)c1cc(F)ccc1Cl. The number of aromatic nitrogens is 1. The van der Waals surface area contributed by atoms with Crippen LogP contribution < -0.4 is 10.2 Å². The van der Waals surface area contributed by atoms with Crippen LogP contribution in [0.1, 0.15) is 26.3 Å². The summed E-state index contributed by atoms with van der Waals surface area (Å²) in [6.07, 6.45) is 1.69. The maximum absolute atomic E-state index is 13.6. The summed E-state index contributed by atoms with van der Waals surface area (Å²) in [4.78, 5) is 33.4. The van der Waals surface area contributed by atoms with Crippen LogP contribution in [0.4, 0.5) is 15.8 Å². The lowest BCUT2D eigenvalue weighted by Crippen LogP contribution is -2.30. The maximum atomic E-state index is 13.6. The first-order valence-electron chi connectivity index (χ1n) is 10.5. The van der Waals surface area contributed by atoms with Crippen molar-refractivity contribution < 1.29 is 14.0 Å². The van der Waals surface area contributed by atoms with Gasteiger partial charge in [0, 0.05) is 16.8 Å². The Labute approximate surface area is 214 Å². The van der Waals surface area contributed by atoms with Gasteiger partial charge in [-0.1, -0.05) is 53.2 Å². The van der Waals surface area contributed by atoms with Crippen LogP contribution in [0.5, 0.6) is 0 Å². The molecule has 1 aromatic heterocycles. The molecule has 0 saturated carbocycles. The summed E-state index contributed by atoms with van der Waals surface area (Å²) >= 11 is 14.0. The fourth-order valence-electron chi connectivity index (χ4n) is 3.72. The van der Waals surface area contributed by atoms with Gasteiger partial charge in [0.15, 0.2) is 0 Å². The molecule has 4 aromatic rings. The second kappa shape index (κ2) is 9.70. The van der Waals surface area contributed by atoms with Crippen LogP contribution in [-0.2, 0) is 6.54 Å². The minimum atomic E-state index is -0.592. The van der Waals surface area contributed by atoms with Crippen LogP contribution in [0.15, 0.2) is 88.9 Å². The summed E-state index contributed by atoms with van der Waals surface area (Å²) in [7, 11) is 0. The number of nitrogens with zero attached hydrogens (tertiary/aromatic N) is 2. The molecule has 9 heteroatoms. The second-order valence-corrected chi connectivity index (χ2v) is 9.55. The summed E-state index contributed by atoms with van der Waals surface area (Å²) in [6.45, 7) is 0.355. The van der Waals surface area contributed by atoms with Crippen LogP contribution in [0.2, 0.25) is 10.0 Å². The van der Waals surface area contributed by atoms with Crippen LogP contribution in [0, 0.1) is 5.82 Å². The van der Waals surface area contributed by atoms with Gasteiger partial charge in [-0.25, -0.2) is 9.37 Å². The van der Waals surface area contributed by atoms with Crippen LogP contribution in [0.25, 0.3) is 0 Å². The van der Waals surface area contributed by atoms with Gasteiger partial charge < -0.3 is 10.2 Å². The molecule has 1 N–H and O–H groups in total. The van der Waals surface area contributed by atoms with Gasteiger partial charge in [0.2, 0.25) is 0 Å². The highest BCUT2D eigenvalue weighted by molar-refractivity contribution is 7.99. The molecule has 2 amide bonds. The number of fused-ring (bicyclic) bond motifs is 2. The van der Waals surface area contributed by atoms with E-state index in [9.17, 15) is 14.0 Å². The van der Waals surface area contributed by atoms with Crippen molar-refractivity contribution >= 4 is 58.2 Å². The van der Waals surface area contributed by atoms with E-state index in [2.05, 4.69) is 10.3 Å². The Morgan fingerprint density at radius 1 is 0.943 bits per heavy atom. The molecule has 0 aliphatic carbocycles. The Balaban J connectivity index is 1.44. The van der Waals surface area contributed by atoms with Crippen LogP contribution >= 0.6 is 35.0 Å². The number of amides is 2. The standard InChI is InChI=1S/C26H16Cl2FN3O2S/c27-20-10-7-16(29)12-19(20)24(33)31-17-8-9-18(21(28)13-17)26(34)32-14-15-4-1-2-6-23(15)35-25-22(32)5-3-11-30-25/h1-13H,14H2,(H,31,33). The average Bonchev–Trinajstić information content (AvgIpc) is 3.02. The molecular weight excluding hydrogens is 508 g/mol. The van der Waals surface area contributed by atoms with Gasteiger partial charge in [-0.3, -0.25) is 9.59 Å². The Morgan fingerprint density at radius 2 is 1.77 bits per heavy atom. The predicted octanol–water partition coefficient (Wildman–Crippen LogP) is 7.09. The average molecular weight is 524 g/mol. The van der Waals surface area contributed by atoms with E-state index in [0.29, 0.717) is 17.9 Å². The Bertz CT molecular complexity index is 1480. The number of halogens is 3. The van der Waals surface area contributed by atoms with Gasteiger partial charge in [-0.2, -0.15) is 0 Å². The van der Waals surface area contributed by atoms with Crippen molar-refractivity contribution in [1.82, 2.24) is 4.98 Å². The minimum absolute atomic E-state index is 0.00668. The highest BCUT2D eigenvalue weighted by Gasteiger charge is 2.27. The van der Waals surface area contributed by atoms with E-state index in [0.717, 1.165) is 21.6 Å². The normalized spacial score (nSPS) is 12.4. The molecule has 1 aliphatic rings. The Hall–Kier alpha value is -3.39. The van der Waals surface area contributed by atoms with E-state index in [4.69, 9.17) is 23.2 Å². The van der Waals surface area contributed by atoms with Gasteiger partial charge in [0.1, 0.15) is 10.8 Å². The molecule has 0 unspecified atom stereocenters. The molecule has 2 heterocycles. The number of carbonyl (C=O) groups excluding carboxylic acids is 2. The molecule has 0 atom stereocenters. The van der Waals surface area contributed by atoms with Crippen molar-refractivity contribution in [1.29, 1.82) is 0 Å². The number of anilines is 2. The summed E-state index contributed by atoms with van der Waals surface area (Å²) < 4.78 is 13.5. The van der Waals surface area contributed by atoms with Crippen molar-refractivity contribution in [2.24, 2.45) is 0 Å². The molecule has 5 rings (SSSR count). The first-order chi connectivity index (χ1) is 16.9. The van der Waals surface area contributed by atoms with Gasteiger partial charge in [0.05, 0.1) is 33.4 Å². The fraction of sp³-hybridized carbons (Fsp3) is 0.0385. The smallest absolute Gasteiger partial charge is 0.260 e. The minimum Gasteiger partial charge on any atom is -0.322 e. The van der Waals surface area contributed by atoms with Crippen LogP contribution in [0.3, 0.4) is 0 Å². The number of carbonyl (C=O) groups is 2. The molecule has 1 aliphatic heterocycles. The second-order valence-electron chi connectivity index (χ2n) is 7.70. The third-order valence-corrected chi connectivity index (χ3v) is 7.19. The molecular formula is C26H16Cl2FN3O2S. The zero-order valence-corrected chi connectivity index (χ0v) is 20.3. The number of nitrogens with one attached hydrogen (secondary N) is 1. The van der Waals surface area contributed by atoms with Crippen molar-refractivity contribution in [2.75, 3.05) is 10.2 Å². The number of hydrogen-bond acceptors (Lipinski definition) is 4. The van der Waals surface area contributed by atoms with Gasteiger partial charge in [0.25, 0.3) is 11.8 Å². The highest BCUT2D eigenvalue weighted by atomic mass is 35.5. The lowest BCUT2D eigenvalue weighted by Gasteiger charge is -2.23. The molecule has 0 radical (unpaired) electrons. The Kier molecular flexibility index (Phi) is 6.47. The van der Waals surface area contributed by atoms with Gasteiger partial charge in [-0.05, 0) is 60.2 Å². The topological polar surface area (TPSA) is 62.3 Å². The maximum Gasteiger partial charge on any atom is 0.260 e. The first kappa shape index (κ1) is 23.4. The highest BCUT2D eigenvalue weighted by Crippen LogP contribution is 2.40. The molecule has 174 valence electrons. The van der Waals surface area contributed by atoms with E-state index < -0.39 is 11.7 Å². The number of hydrogen-bond donors (Lipinski definition) is 1. The van der Waals surface area contributed by atoms with Gasteiger partial charge in [-0.15, -0.1) is 0 Å². The lowest BCUT2D eigenvalue weighted by molar-refractivity contribution is 0.0983. The molecule has 0 spiro atoms. The van der Waals surface area contributed by atoms with E-state index in [-0.39, 0.29) is 27.1 Å². The molecule has 35 heavy (non-hydrogen) atoms. The quantitative estimate of drug-likeness (QED) is 0.311. The van der Waals surface area contributed by atoms with Crippen molar-refractivity contribution in [2.45, 2.75) is 16.5 Å². The monoisotopic (exact) mass is 523 g/mol. The number of rotatable bonds is 3. The summed E-state index contributed by atoms with van der Waals surface area (Å²) in [5.74, 6) is -1.47. The Morgan fingerprint density at radius 3 is 2.60 bits per heavy atom. The molecule has 5 nitrogen and oxygen atoms in total. The molecule has 3 aromatic carbocycles. The zero-order chi connectivity index (χ0) is 24.5. The van der Waals surface area contributed by atoms with Crippen molar-refractivity contribution in [3.63, 3.8) is 0 Å². The fourth-order valence-corrected chi connectivity index (χ4v) is 5.20. The predicted molar refractivity (Wildman–Crippen MR) is 136 cm³/mol.